The third kappa shape index (κ3) is 2.42. The number of aryl methyl sites for hydroxylation is 1. The number of carbonyl (C=O) groups excluding carboxylic acids is 1. The highest BCUT2D eigenvalue weighted by atomic mass is 32.2. The summed E-state index contributed by atoms with van der Waals surface area (Å²) in [5.74, 6) is -0.0601. The van der Waals surface area contributed by atoms with E-state index in [1.807, 2.05) is 66.5 Å². The van der Waals surface area contributed by atoms with E-state index in [9.17, 15) is 4.79 Å². The van der Waals surface area contributed by atoms with Gasteiger partial charge in [0.2, 0.25) is 0 Å². The lowest BCUT2D eigenvalue weighted by Gasteiger charge is -2.13. The Kier molecular flexibility index (Phi) is 3.46. The van der Waals surface area contributed by atoms with E-state index >= 15 is 0 Å². The van der Waals surface area contributed by atoms with Gasteiger partial charge in [0.05, 0.1) is 10.6 Å². The normalized spacial score (nSPS) is 17.2. The minimum Gasteiger partial charge on any atom is -0.357 e. The zero-order valence-corrected chi connectivity index (χ0v) is 12.4. The van der Waals surface area contributed by atoms with Gasteiger partial charge in [-0.05, 0) is 29.8 Å². The number of thioether (sulfide) groups is 1. The number of rotatable bonds is 2. The number of amides is 1. The number of para-hydroxylation sites is 1. The third-order valence-electron chi connectivity index (χ3n) is 2.96. The molecule has 20 heavy (non-hydrogen) atoms. The van der Waals surface area contributed by atoms with Gasteiger partial charge in [0, 0.05) is 19.4 Å². The van der Waals surface area contributed by atoms with Crippen molar-refractivity contribution in [2.75, 3.05) is 4.90 Å². The predicted molar refractivity (Wildman–Crippen MR) is 87.5 cm³/mol. The molecule has 0 spiro atoms. The van der Waals surface area contributed by atoms with Crippen molar-refractivity contribution < 1.29 is 4.79 Å². The lowest BCUT2D eigenvalue weighted by Crippen LogP contribution is -2.27. The molecule has 1 aliphatic rings. The standard InChI is InChI=1S/C15H12N2OS2/c1-16-8-7-11(10-16)9-13-14(18)17(15(19)20-13)12-5-3-2-4-6-12/h2-10H,1H3/b13-9-. The smallest absolute Gasteiger partial charge is 0.270 e. The molecular formula is C15H12N2OS2. The van der Waals surface area contributed by atoms with Crippen molar-refractivity contribution >= 4 is 46.0 Å². The Morgan fingerprint density at radius 3 is 2.60 bits per heavy atom. The summed E-state index contributed by atoms with van der Waals surface area (Å²) in [6.07, 6.45) is 5.79. The van der Waals surface area contributed by atoms with Crippen LogP contribution in [0.25, 0.3) is 6.08 Å². The number of carbonyl (C=O) groups is 1. The summed E-state index contributed by atoms with van der Waals surface area (Å²) in [7, 11) is 1.95. The average Bonchev–Trinajstić information content (AvgIpc) is 2.96. The van der Waals surface area contributed by atoms with Crippen molar-refractivity contribution in [3.05, 3.63) is 59.3 Å². The summed E-state index contributed by atoms with van der Waals surface area (Å²) in [5, 5.41) is 0. The first-order valence-electron chi connectivity index (χ1n) is 6.10. The minimum absolute atomic E-state index is 0.0601. The molecule has 1 aliphatic heterocycles. The van der Waals surface area contributed by atoms with E-state index in [0.717, 1.165) is 11.3 Å². The summed E-state index contributed by atoms with van der Waals surface area (Å²) in [5.41, 5.74) is 1.81. The Morgan fingerprint density at radius 2 is 1.95 bits per heavy atom. The maximum Gasteiger partial charge on any atom is 0.270 e. The molecule has 0 bridgehead atoms. The van der Waals surface area contributed by atoms with Gasteiger partial charge in [-0.2, -0.15) is 0 Å². The van der Waals surface area contributed by atoms with Crippen LogP contribution >= 0.6 is 24.0 Å². The van der Waals surface area contributed by atoms with Crippen LogP contribution < -0.4 is 4.90 Å². The fourth-order valence-corrected chi connectivity index (χ4v) is 3.33. The van der Waals surface area contributed by atoms with Crippen LogP contribution in [0, 0.1) is 0 Å². The van der Waals surface area contributed by atoms with Crippen LogP contribution in [0.15, 0.2) is 53.7 Å². The van der Waals surface area contributed by atoms with Gasteiger partial charge in [0.25, 0.3) is 5.91 Å². The first kappa shape index (κ1) is 13.1. The predicted octanol–water partition coefficient (Wildman–Crippen LogP) is 3.43. The zero-order valence-electron chi connectivity index (χ0n) is 10.8. The molecule has 3 rings (SSSR count). The van der Waals surface area contributed by atoms with Crippen molar-refractivity contribution in [1.29, 1.82) is 0 Å². The number of benzene rings is 1. The van der Waals surface area contributed by atoms with Crippen LogP contribution in [0.2, 0.25) is 0 Å². The van der Waals surface area contributed by atoms with E-state index < -0.39 is 0 Å². The molecule has 5 heteroatoms. The fraction of sp³-hybridized carbons (Fsp3) is 0.0667. The second-order valence-electron chi connectivity index (χ2n) is 4.46. The van der Waals surface area contributed by atoms with E-state index in [4.69, 9.17) is 12.2 Å². The molecule has 2 aromatic rings. The SMILES string of the molecule is Cn1ccc(/C=C2\SC(=S)N(c3ccccc3)C2=O)c1. The molecule has 1 fully saturated rings. The highest BCUT2D eigenvalue weighted by Gasteiger charge is 2.33. The minimum atomic E-state index is -0.0601. The molecule has 1 amide bonds. The van der Waals surface area contributed by atoms with Gasteiger partial charge < -0.3 is 4.57 Å². The summed E-state index contributed by atoms with van der Waals surface area (Å²) in [6.45, 7) is 0. The molecule has 1 aromatic carbocycles. The molecule has 2 heterocycles. The molecule has 0 atom stereocenters. The van der Waals surface area contributed by atoms with Crippen molar-refractivity contribution in [1.82, 2.24) is 4.57 Å². The van der Waals surface area contributed by atoms with E-state index in [0.29, 0.717) is 9.23 Å². The van der Waals surface area contributed by atoms with Gasteiger partial charge in [0.15, 0.2) is 4.32 Å². The zero-order chi connectivity index (χ0) is 14.1. The number of hydrogen-bond acceptors (Lipinski definition) is 3. The Morgan fingerprint density at radius 1 is 1.20 bits per heavy atom. The van der Waals surface area contributed by atoms with Gasteiger partial charge in [0.1, 0.15) is 0 Å². The summed E-state index contributed by atoms with van der Waals surface area (Å²) in [6, 6.07) is 11.5. The van der Waals surface area contributed by atoms with Gasteiger partial charge in [-0.15, -0.1) is 0 Å². The number of anilines is 1. The van der Waals surface area contributed by atoms with Gasteiger partial charge in [-0.25, -0.2) is 0 Å². The van der Waals surface area contributed by atoms with Crippen LogP contribution in [0.5, 0.6) is 0 Å². The van der Waals surface area contributed by atoms with E-state index in [1.54, 1.807) is 4.90 Å². The lowest BCUT2D eigenvalue weighted by molar-refractivity contribution is -0.113. The molecular weight excluding hydrogens is 288 g/mol. The third-order valence-corrected chi connectivity index (χ3v) is 4.26. The molecule has 0 aliphatic carbocycles. The van der Waals surface area contributed by atoms with Crippen LogP contribution in [0.4, 0.5) is 5.69 Å². The largest absolute Gasteiger partial charge is 0.357 e. The van der Waals surface area contributed by atoms with Gasteiger partial charge in [-0.1, -0.05) is 42.2 Å². The first-order valence-corrected chi connectivity index (χ1v) is 7.32. The van der Waals surface area contributed by atoms with Crippen molar-refractivity contribution in [3.8, 4) is 0 Å². The molecule has 0 unspecified atom stereocenters. The van der Waals surface area contributed by atoms with Crippen molar-refractivity contribution in [2.45, 2.75) is 0 Å². The van der Waals surface area contributed by atoms with E-state index in [2.05, 4.69) is 0 Å². The second-order valence-corrected chi connectivity index (χ2v) is 6.14. The molecule has 0 N–H and O–H groups in total. The number of nitrogens with zero attached hydrogens (tertiary/aromatic N) is 2. The molecule has 100 valence electrons. The van der Waals surface area contributed by atoms with Gasteiger partial charge >= 0.3 is 0 Å². The van der Waals surface area contributed by atoms with Crippen molar-refractivity contribution in [3.63, 3.8) is 0 Å². The second kappa shape index (κ2) is 5.26. The molecule has 3 nitrogen and oxygen atoms in total. The Hall–Kier alpha value is -1.85. The highest BCUT2D eigenvalue weighted by Crippen LogP contribution is 2.35. The number of hydrogen-bond donors (Lipinski definition) is 0. The lowest BCUT2D eigenvalue weighted by atomic mass is 10.2. The van der Waals surface area contributed by atoms with Crippen LogP contribution in [-0.4, -0.2) is 14.8 Å². The van der Waals surface area contributed by atoms with Crippen LogP contribution in [0.1, 0.15) is 5.56 Å². The van der Waals surface area contributed by atoms with Gasteiger partial charge in [-0.3, -0.25) is 9.69 Å². The quantitative estimate of drug-likeness (QED) is 0.627. The molecule has 1 saturated heterocycles. The summed E-state index contributed by atoms with van der Waals surface area (Å²) in [4.78, 5) is 14.7. The molecule has 0 saturated carbocycles. The Labute approximate surface area is 126 Å². The first-order chi connectivity index (χ1) is 9.65. The van der Waals surface area contributed by atoms with Crippen molar-refractivity contribution in [2.24, 2.45) is 7.05 Å². The monoisotopic (exact) mass is 300 g/mol. The van der Waals surface area contributed by atoms with Crippen LogP contribution in [0.3, 0.4) is 0 Å². The maximum atomic E-state index is 12.5. The Balaban J connectivity index is 1.93. The molecule has 0 radical (unpaired) electrons. The summed E-state index contributed by atoms with van der Waals surface area (Å²) < 4.78 is 2.52. The highest BCUT2D eigenvalue weighted by molar-refractivity contribution is 8.27. The fourth-order valence-electron chi connectivity index (χ4n) is 2.03. The molecule has 1 aromatic heterocycles. The number of thiocarbonyl (C=S) groups is 1. The summed E-state index contributed by atoms with van der Waals surface area (Å²) >= 11 is 6.66. The van der Waals surface area contributed by atoms with E-state index in [-0.39, 0.29) is 5.91 Å². The topological polar surface area (TPSA) is 25.2 Å². The van der Waals surface area contributed by atoms with E-state index in [1.165, 1.54) is 11.8 Å². The maximum absolute atomic E-state index is 12.5. The average molecular weight is 300 g/mol. The number of aromatic nitrogens is 1. The Bertz CT molecular complexity index is 704. The van der Waals surface area contributed by atoms with Crippen LogP contribution in [-0.2, 0) is 11.8 Å².